The van der Waals surface area contributed by atoms with Crippen molar-refractivity contribution in [1.82, 2.24) is 0 Å². The third kappa shape index (κ3) is 4.47. The van der Waals surface area contributed by atoms with Crippen LogP contribution in [0.1, 0.15) is 5.56 Å². The fraction of sp³-hybridized carbons (Fsp3) is 0.364. The summed E-state index contributed by atoms with van der Waals surface area (Å²) in [5.41, 5.74) is 6.60. The first-order chi connectivity index (χ1) is 7.63. The van der Waals surface area contributed by atoms with E-state index in [0.717, 1.165) is 5.75 Å². The maximum absolute atomic E-state index is 10.5. The lowest BCUT2D eigenvalue weighted by Gasteiger charge is -2.06. The quantitative estimate of drug-likeness (QED) is 0.764. The molecule has 3 nitrogen and oxygen atoms in total. The first kappa shape index (κ1) is 13.4. The molecule has 0 amide bonds. The van der Waals surface area contributed by atoms with Gasteiger partial charge in [0.1, 0.15) is 6.04 Å². The number of carboxylic acid groups (broad SMARTS) is 1. The van der Waals surface area contributed by atoms with Gasteiger partial charge >= 0.3 is 5.97 Å². The van der Waals surface area contributed by atoms with Gasteiger partial charge in [-0.3, -0.25) is 4.79 Å². The molecule has 1 aromatic rings. The van der Waals surface area contributed by atoms with Crippen LogP contribution in [0.4, 0.5) is 0 Å². The number of nitrogens with two attached hydrogens (primary N) is 1. The van der Waals surface area contributed by atoms with Crippen LogP contribution in [0.25, 0.3) is 0 Å². The molecule has 0 aliphatic carbocycles. The minimum absolute atomic E-state index is 0.444. The molecule has 88 valence electrons. The highest BCUT2D eigenvalue weighted by molar-refractivity contribution is 7.98. The van der Waals surface area contributed by atoms with E-state index in [9.17, 15) is 4.79 Å². The highest BCUT2D eigenvalue weighted by Crippen LogP contribution is 2.18. The number of rotatable bonds is 6. The van der Waals surface area contributed by atoms with E-state index in [2.05, 4.69) is 24.3 Å². The molecule has 3 N–H and O–H groups in total. The Kier molecular flexibility index (Phi) is 5.73. The summed E-state index contributed by atoms with van der Waals surface area (Å²) in [6.07, 6.45) is 2.04. The molecule has 5 heteroatoms. The van der Waals surface area contributed by atoms with Crippen molar-refractivity contribution in [2.75, 3.05) is 12.0 Å². The molecule has 0 aliphatic heterocycles. The second-order valence-electron chi connectivity index (χ2n) is 3.31. The van der Waals surface area contributed by atoms with E-state index < -0.39 is 12.0 Å². The van der Waals surface area contributed by atoms with Crippen LogP contribution >= 0.6 is 23.5 Å². The monoisotopic (exact) mass is 257 g/mol. The van der Waals surface area contributed by atoms with Crippen molar-refractivity contribution in [2.45, 2.75) is 16.7 Å². The first-order valence-electron chi connectivity index (χ1n) is 4.82. The zero-order valence-corrected chi connectivity index (χ0v) is 10.7. The number of carboxylic acids is 1. The Labute approximate surface area is 104 Å². The highest BCUT2D eigenvalue weighted by Gasteiger charge is 2.10. The van der Waals surface area contributed by atoms with Crippen LogP contribution in [-0.2, 0) is 10.5 Å². The number of aliphatic carboxylic acids is 1. The summed E-state index contributed by atoms with van der Waals surface area (Å²) in [6.45, 7) is 0. The summed E-state index contributed by atoms with van der Waals surface area (Å²) in [6, 6.07) is 7.49. The van der Waals surface area contributed by atoms with Gasteiger partial charge in [0, 0.05) is 16.4 Å². The minimum Gasteiger partial charge on any atom is -0.480 e. The number of thioether (sulfide) groups is 2. The van der Waals surface area contributed by atoms with Gasteiger partial charge in [-0.05, 0) is 24.0 Å². The Morgan fingerprint density at radius 3 is 2.56 bits per heavy atom. The molecule has 1 atom stereocenters. The lowest BCUT2D eigenvalue weighted by Crippen LogP contribution is -2.32. The third-order valence-corrected chi connectivity index (χ3v) is 3.92. The molecule has 1 aromatic carbocycles. The van der Waals surface area contributed by atoms with Crippen LogP contribution < -0.4 is 5.73 Å². The van der Waals surface area contributed by atoms with E-state index >= 15 is 0 Å². The van der Waals surface area contributed by atoms with Gasteiger partial charge in [0.05, 0.1) is 0 Å². The van der Waals surface area contributed by atoms with Gasteiger partial charge in [-0.2, -0.15) is 11.8 Å². The van der Waals surface area contributed by atoms with Crippen LogP contribution in [0.15, 0.2) is 29.2 Å². The van der Waals surface area contributed by atoms with Crippen LogP contribution in [0.5, 0.6) is 0 Å². The van der Waals surface area contributed by atoms with Crippen molar-refractivity contribution < 1.29 is 9.90 Å². The summed E-state index contributed by atoms with van der Waals surface area (Å²) >= 11 is 3.25. The average molecular weight is 257 g/mol. The molecule has 0 saturated heterocycles. The zero-order valence-electron chi connectivity index (χ0n) is 9.05. The average Bonchev–Trinajstić information content (AvgIpc) is 2.29. The third-order valence-electron chi connectivity index (χ3n) is 2.04. The lowest BCUT2D eigenvalue weighted by atomic mass is 10.2. The van der Waals surface area contributed by atoms with Crippen molar-refractivity contribution in [2.24, 2.45) is 5.73 Å². The van der Waals surface area contributed by atoms with E-state index in [1.165, 1.54) is 10.5 Å². The van der Waals surface area contributed by atoms with Crippen molar-refractivity contribution in [1.29, 1.82) is 0 Å². The number of hydrogen-bond donors (Lipinski definition) is 2. The topological polar surface area (TPSA) is 63.3 Å². The maximum atomic E-state index is 10.5. The Balaban J connectivity index is 2.34. The smallest absolute Gasteiger partial charge is 0.321 e. The van der Waals surface area contributed by atoms with Gasteiger partial charge in [-0.1, -0.05) is 12.1 Å². The Hall–Kier alpha value is -0.650. The summed E-state index contributed by atoms with van der Waals surface area (Å²) in [5, 5.41) is 8.61. The van der Waals surface area contributed by atoms with E-state index in [1.54, 1.807) is 23.5 Å². The molecule has 0 unspecified atom stereocenters. The minimum atomic E-state index is -0.940. The van der Waals surface area contributed by atoms with E-state index in [0.29, 0.717) is 5.75 Å². The molecule has 0 aliphatic rings. The normalized spacial score (nSPS) is 12.4. The van der Waals surface area contributed by atoms with E-state index in [-0.39, 0.29) is 0 Å². The van der Waals surface area contributed by atoms with E-state index in [1.807, 2.05) is 6.26 Å². The van der Waals surface area contributed by atoms with Crippen LogP contribution in [0, 0.1) is 0 Å². The lowest BCUT2D eigenvalue weighted by molar-refractivity contribution is -0.137. The van der Waals surface area contributed by atoms with Crippen LogP contribution in [-0.4, -0.2) is 29.1 Å². The molecule has 0 fully saturated rings. The van der Waals surface area contributed by atoms with Crippen molar-refractivity contribution in [3.05, 3.63) is 29.8 Å². The molecular formula is C11H15NO2S2. The van der Waals surface area contributed by atoms with Gasteiger partial charge < -0.3 is 10.8 Å². The van der Waals surface area contributed by atoms with Crippen molar-refractivity contribution >= 4 is 29.5 Å². The predicted molar refractivity (Wildman–Crippen MR) is 70.0 cm³/mol. The highest BCUT2D eigenvalue weighted by atomic mass is 32.2. The first-order valence-corrected chi connectivity index (χ1v) is 7.20. The molecule has 0 spiro atoms. The number of hydrogen-bond acceptors (Lipinski definition) is 4. The Morgan fingerprint density at radius 2 is 2.06 bits per heavy atom. The molecule has 0 heterocycles. The zero-order chi connectivity index (χ0) is 12.0. The largest absolute Gasteiger partial charge is 0.480 e. The SMILES string of the molecule is CSc1ccc(CSC[C@@H](N)C(=O)O)cc1. The van der Waals surface area contributed by atoms with Gasteiger partial charge in [0.15, 0.2) is 0 Å². The molecule has 0 bridgehead atoms. The second kappa shape index (κ2) is 6.83. The predicted octanol–water partition coefficient (Wildman–Crippen LogP) is 2.05. The summed E-state index contributed by atoms with van der Waals surface area (Å²) < 4.78 is 0. The number of benzene rings is 1. The van der Waals surface area contributed by atoms with Gasteiger partial charge in [-0.25, -0.2) is 0 Å². The van der Waals surface area contributed by atoms with Gasteiger partial charge in [-0.15, -0.1) is 11.8 Å². The molecule has 0 saturated carbocycles. The van der Waals surface area contributed by atoms with Crippen molar-refractivity contribution in [3.63, 3.8) is 0 Å². The maximum Gasteiger partial charge on any atom is 0.321 e. The van der Waals surface area contributed by atoms with E-state index in [4.69, 9.17) is 10.8 Å². The van der Waals surface area contributed by atoms with Gasteiger partial charge in [0.2, 0.25) is 0 Å². The fourth-order valence-electron chi connectivity index (χ4n) is 1.10. The summed E-state index contributed by atoms with van der Waals surface area (Å²) in [4.78, 5) is 11.7. The molecular weight excluding hydrogens is 242 g/mol. The number of carbonyl (C=O) groups is 1. The molecule has 0 radical (unpaired) electrons. The summed E-state index contributed by atoms with van der Waals surface area (Å²) in [5.74, 6) is 0.306. The van der Waals surface area contributed by atoms with Crippen LogP contribution in [0.2, 0.25) is 0 Å². The fourth-order valence-corrected chi connectivity index (χ4v) is 2.45. The van der Waals surface area contributed by atoms with Gasteiger partial charge in [0.25, 0.3) is 0 Å². The standard InChI is InChI=1S/C11H15NO2S2/c1-15-9-4-2-8(3-5-9)6-16-7-10(12)11(13)14/h2-5,10H,6-7,12H2,1H3,(H,13,14)/t10-/m1/s1. The summed E-state index contributed by atoms with van der Waals surface area (Å²) in [7, 11) is 0. The van der Waals surface area contributed by atoms with Crippen LogP contribution in [0.3, 0.4) is 0 Å². The van der Waals surface area contributed by atoms with Crippen molar-refractivity contribution in [3.8, 4) is 0 Å². The molecule has 16 heavy (non-hydrogen) atoms. The molecule has 1 rings (SSSR count). The second-order valence-corrected chi connectivity index (χ2v) is 5.22. The Bertz CT molecular complexity index is 340. The molecule has 0 aromatic heterocycles. The Morgan fingerprint density at radius 1 is 1.44 bits per heavy atom.